The Morgan fingerprint density at radius 1 is 0.765 bits per heavy atom. The lowest BCUT2D eigenvalue weighted by Crippen LogP contribution is -1.92. The molecule has 84 valence electrons. The molecule has 2 aromatic carbocycles. The maximum Gasteiger partial charge on any atom is 0.201 e. The summed E-state index contributed by atoms with van der Waals surface area (Å²) in [5, 5.41) is 1.35. The third-order valence-electron chi connectivity index (χ3n) is 2.84. The van der Waals surface area contributed by atoms with Gasteiger partial charge in [0.05, 0.1) is 4.90 Å². The van der Waals surface area contributed by atoms with E-state index in [9.17, 15) is 8.42 Å². The Labute approximate surface area is 100 Å². The van der Waals surface area contributed by atoms with Gasteiger partial charge in [-0.05, 0) is 11.6 Å². The van der Waals surface area contributed by atoms with Gasteiger partial charge in [-0.3, -0.25) is 0 Å². The van der Waals surface area contributed by atoms with Gasteiger partial charge in [0.15, 0.2) is 0 Å². The average molecular weight is 242 g/mol. The van der Waals surface area contributed by atoms with E-state index in [0.717, 1.165) is 16.7 Å². The summed E-state index contributed by atoms with van der Waals surface area (Å²) >= 11 is 0. The molecule has 3 rings (SSSR count). The molecule has 2 nitrogen and oxygen atoms in total. The maximum atomic E-state index is 12.0. The molecule has 2 aromatic rings. The first-order chi connectivity index (χ1) is 8.18. The smallest absolute Gasteiger partial charge is 0.201 e. The molecule has 0 spiro atoms. The summed E-state index contributed by atoms with van der Waals surface area (Å²) in [6.45, 7) is 0. The van der Waals surface area contributed by atoms with Crippen molar-refractivity contribution in [3.05, 3.63) is 71.1 Å². The number of hydrogen-bond acceptors (Lipinski definition) is 2. The lowest BCUT2D eigenvalue weighted by Gasteiger charge is -2.03. The minimum atomic E-state index is -3.26. The second-order valence-electron chi connectivity index (χ2n) is 3.94. The summed E-state index contributed by atoms with van der Waals surface area (Å²) in [5.41, 5.74) is 2.50. The van der Waals surface area contributed by atoms with Gasteiger partial charge in [0.25, 0.3) is 0 Å². The first kappa shape index (κ1) is 10.3. The monoisotopic (exact) mass is 242 g/mol. The van der Waals surface area contributed by atoms with Crippen LogP contribution in [-0.4, -0.2) is 8.42 Å². The van der Waals surface area contributed by atoms with Gasteiger partial charge in [-0.2, -0.15) is 0 Å². The van der Waals surface area contributed by atoms with Crippen molar-refractivity contribution >= 4 is 15.4 Å². The van der Waals surface area contributed by atoms with Gasteiger partial charge in [-0.15, -0.1) is 0 Å². The molecular formula is C14H10O2S. The van der Waals surface area contributed by atoms with E-state index in [1.807, 2.05) is 42.5 Å². The van der Waals surface area contributed by atoms with E-state index in [1.165, 1.54) is 5.41 Å². The SMILES string of the molecule is O=S1(=O)C=C(c2ccccc2)c2ccccc21. The molecule has 0 radical (unpaired) electrons. The maximum absolute atomic E-state index is 12.0. The highest BCUT2D eigenvalue weighted by Gasteiger charge is 2.26. The van der Waals surface area contributed by atoms with Crippen LogP contribution in [0.2, 0.25) is 0 Å². The Balaban J connectivity index is 2.29. The van der Waals surface area contributed by atoms with Gasteiger partial charge in [-0.25, -0.2) is 8.42 Å². The Kier molecular flexibility index (Phi) is 2.16. The average Bonchev–Trinajstić information content (AvgIpc) is 2.64. The highest BCUT2D eigenvalue weighted by atomic mass is 32.2. The van der Waals surface area contributed by atoms with Crippen molar-refractivity contribution in [2.24, 2.45) is 0 Å². The molecule has 1 aliphatic rings. The van der Waals surface area contributed by atoms with E-state index < -0.39 is 9.84 Å². The van der Waals surface area contributed by atoms with Gasteiger partial charge in [-0.1, -0.05) is 48.5 Å². The zero-order valence-corrected chi connectivity index (χ0v) is 9.81. The van der Waals surface area contributed by atoms with Gasteiger partial charge in [0, 0.05) is 16.5 Å². The fourth-order valence-corrected chi connectivity index (χ4v) is 3.51. The lowest BCUT2D eigenvalue weighted by molar-refractivity contribution is 0.605. The zero-order chi connectivity index (χ0) is 11.9. The van der Waals surface area contributed by atoms with E-state index in [1.54, 1.807) is 12.1 Å². The summed E-state index contributed by atoms with van der Waals surface area (Å²) in [6, 6.07) is 16.7. The Morgan fingerprint density at radius 2 is 1.41 bits per heavy atom. The van der Waals surface area contributed by atoms with Gasteiger partial charge >= 0.3 is 0 Å². The molecule has 1 aliphatic heterocycles. The normalized spacial score (nSPS) is 16.4. The van der Waals surface area contributed by atoms with Crippen LogP contribution in [0, 0.1) is 0 Å². The van der Waals surface area contributed by atoms with Crippen LogP contribution in [0.25, 0.3) is 5.57 Å². The lowest BCUT2D eigenvalue weighted by atomic mass is 10.00. The zero-order valence-electron chi connectivity index (χ0n) is 9.00. The van der Waals surface area contributed by atoms with Crippen LogP contribution in [0.4, 0.5) is 0 Å². The fraction of sp³-hybridized carbons (Fsp3) is 0. The number of benzene rings is 2. The third-order valence-corrected chi connectivity index (χ3v) is 4.36. The van der Waals surface area contributed by atoms with Crippen LogP contribution in [0.5, 0.6) is 0 Å². The van der Waals surface area contributed by atoms with Gasteiger partial charge < -0.3 is 0 Å². The molecule has 3 heteroatoms. The molecule has 0 unspecified atom stereocenters. The van der Waals surface area contributed by atoms with Crippen LogP contribution in [0.15, 0.2) is 64.9 Å². The molecule has 0 N–H and O–H groups in total. The number of rotatable bonds is 1. The molecule has 0 bridgehead atoms. The highest BCUT2D eigenvalue weighted by Crippen LogP contribution is 2.36. The van der Waals surface area contributed by atoms with Crippen LogP contribution < -0.4 is 0 Å². The Morgan fingerprint density at radius 3 is 2.18 bits per heavy atom. The quantitative estimate of drug-likeness (QED) is 0.770. The van der Waals surface area contributed by atoms with Crippen molar-refractivity contribution in [3.63, 3.8) is 0 Å². The molecule has 0 aromatic heterocycles. The van der Waals surface area contributed by atoms with Crippen LogP contribution in [0.3, 0.4) is 0 Å². The number of hydrogen-bond donors (Lipinski definition) is 0. The predicted molar refractivity (Wildman–Crippen MR) is 67.1 cm³/mol. The number of sulfone groups is 1. The second-order valence-corrected chi connectivity index (χ2v) is 5.70. The summed E-state index contributed by atoms with van der Waals surface area (Å²) in [5.74, 6) is 0. The van der Waals surface area contributed by atoms with Crippen molar-refractivity contribution in [2.75, 3.05) is 0 Å². The number of fused-ring (bicyclic) bond motifs is 1. The van der Waals surface area contributed by atoms with Crippen molar-refractivity contribution in [1.29, 1.82) is 0 Å². The summed E-state index contributed by atoms with van der Waals surface area (Å²) in [4.78, 5) is 0.402. The third kappa shape index (κ3) is 1.59. The molecule has 0 atom stereocenters. The first-order valence-corrected chi connectivity index (χ1v) is 6.85. The summed E-state index contributed by atoms with van der Waals surface area (Å²) < 4.78 is 23.9. The molecule has 0 amide bonds. The van der Waals surface area contributed by atoms with Crippen molar-refractivity contribution in [2.45, 2.75) is 4.90 Å². The van der Waals surface area contributed by atoms with Gasteiger partial charge in [0.2, 0.25) is 9.84 Å². The first-order valence-electron chi connectivity index (χ1n) is 5.30. The molecule has 17 heavy (non-hydrogen) atoms. The largest absolute Gasteiger partial charge is 0.219 e. The summed E-state index contributed by atoms with van der Waals surface area (Å²) in [6.07, 6.45) is 0. The van der Waals surface area contributed by atoms with E-state index in [2.05, 4.69) is 0 Å². The predicted octanol–water partition coefficient (Wildman–Crippen LogP) is 2.86. The van der Waals surface area contributed by atoms with E-state index in [4.69, 9.17) is 0 Å². The topological polar surface area (TPSA) is 34.1 Å². The van der Waals surface area contributed by atoms with Gasteiger partial charge in [0.1, 0.15) is 0 Å². The summed E-state index contributed by atoms with van der Waals surface area (Å²) in [7, 11) is -3.26. The Hall–Kier alpha value is -1.87. The second kappa shape index (κ2) is 3.57. The minimum Gasteiger partial charge on any atom is -0.219 e. The molecule has 0 saturated carbocycles. The van der Waals surface area contributed by atoms with Crippen molar-refractivity contribution in [1.82, 2.24) is 0 Å². The van der Waals surface area contributed by atoms with Crippen LogP contribution in [-0.2, 0) is 9.84 Å². The molecule has 0 aliphatic carbocycles. The van der Waals surface area contributed by atoms with E-state index >= 15 is 0 Å². The minimum absolute atomic E-state index is 0.402. The fourth-order valence-electron chi connectivity index (χ4n) is 2.06. The van der Waals surface area contributed by atoms with Crippen molar-refractivity contribution < 1.29 is 8.42 Å². The molecular weight excluding hydrogens is 232 g/mol. The van der Waals surface area contributed by atoms with E-state index in [-0.39, 0.29) is 0 Å². The molecule has 0 saturated heterocycles. The van der Waals surface area contributed by atoms with Crippen molar-refractivity contribution in [3.8, 4) is 0 Å². The molecule has 0 fully saturated rings. The molecule has 1 heterocycles. The highest BCUT2D eigenvalue weighted by molar-refractivity contribution is 7.95. The van der Waals surface area contributed by atoms with Crippen LogP contribution in [0.1, 0.15) is 11.1 Å². The standard InChI is InChI=1S/C14H10O2S/c15-17(16)10-13(11-6-2-1-3-7-11)12-8-4-5-9-14(12)17/h1-10H. The van der Waals surface area contributed by atoms with E-state index in [0.29, 0.717) is 4.90 Å². The van der Waals surface area contributed by atoms with Crippen LogP contribution >= 0.6 is 0 Å². The Bertz CT molecular complexity index is 698.